The molecule has 1 saturated carbocycles. The summed E-state index contributed by atoms with van der Waals surface area (Å²) in [5, 5.41) is 8.98. The number of fused-ring (bicyclic) bond motifs is 1. The van der Waals surface area contributed by atoms with Crippen LogP contribution in [-0.2, 0) is 13.0 Å². The number of carboxylic acids is 1. The Labute approximate surface area is 149 Å². The molecule has 2 unspecified atom stereocenters. The van der Waals surface area contributed by atoms with E-state index in [1.807, 2.05) is 17.0 Å². The second-order valence-corrected chi connectivity index (χ2v) is 7.05. The van der Waals surface area contributed by atoms with Crippen LogP contribution in [0.4, 0.5) is 14.6 Å². The number of carbonyl (C=O) groups is 1. The molecule has 1 aliphatic carbocycles. The van der Waals surface area contributed by atoms with Crippen LogP contribution < -0.4 is 4.90 Å². The maximum Gasteiger partial charge on any atom is 0.356 e. The summed E-state index contributed by atoms with van der Waals surface area (Å²) in [4.78, 5) is 21.5. The third-order valence-corrected chi connectivity index (χ3v) is 5.27. The first-order valence-electron chi connectivity index (χ1n) is 8.76. The molecule has 0 amide bonds. The van der Waals surface area contributed by atoms with Crippen molar-refractivity contribution in [1.82, 2.24) is 14.5 Å². The van der Waals surface area contributed by atoms with E-state index in [1.54, 1.807) is 4.57 Å². The monoisotopic (exact) mass is 362 g/mol. The predicted molar refractivity (Wildman–Crippen MR) is 90.7 cm³/mol. The molecule has 2 aromatic heterocycles. The SMILES string of the molecule is CCCc1nc(N2CC3C(C2)C3(F)F)ccc1Cn1cnc(C(=O)O)c1. The highest BCUT2D eigenvalue weighted by molar-refractivity contribution is 5.84. The molecule has 0 aromatic carbocycles. The van der Waals surface area contributed by atoms with Crippen molar-refractivity contribution in [3.63, 3.8) is 0 Å². The number of hydrogen-bond acceptors (Lipinski definition) is 4. The van der Waals surface area contributed by atoms with E-state index in [-0.39, 0.29) is 5.69 Å². The molecular weight excluding hydrogens is 342 g/mol. The first-order valence-corrected chi connectivity index (χ1v) is 8.76. The Bertz CT molecular complexity index is 837. The van der Waals surface area contributed by atoms with Gasteiger partial charge in [0.2, 0.25) is 0 Å². The number of rotatable bonds is 6. The smallest absolute Gasteiger partial charge is 0.356 e. The second kappa shape index (κ2) is 6.03. The van der Waals surface area contributed by atoms with Gasteiger partial charge in [-0.05, 0) is 18.1 Å². The van der Waals surface area contributed by atoms with E-state index in [0.29, 0.717) is 19.6 Å². The number of carboxylic acid groups (broad SMARTS) is 1. The number of aromatic carboxylic acids is 1. The van der Waals surface area contributed by atoms with Gasteiger partial charge in [0.15, 0.2) is 5.69 Å². The van der Waals surface area contributed by atoms with Crippen LogP contribution in [0, 0.1) is 11.8 Å². The van der Waals surface area contributed by atoms with Gasteiger partial charge >= 0.3 is 5.97 Å². The summed E-state index contributed by atoms with van der Waals surface area (Å²) < 4.78 is 28.5. The summed E-state index contributed by atoms with van der Waals surface area (Å²) in [7, 11) is 0. The standard InChI is InChI=1S/C18H20F2N4O2/c1-2-3-14-11(6-23-9-15(17(25)26)21-10-23)4-5-16(22-14)24-7-12-13(8-24)18(12,19)20/h4-5,9-10,12-13H,2-3,6-8H2,1H3,(H,25,26). The Morgan fingerprint density at radius 2 is 2.08 bits per heavy atom. The Morgan fingerprint density at radius 1 is 1.35 bits per heavy atom. The highest BCUT2D eigenvalue weighted by Gasteiger charge is 2.71. The zero-order chi connectivity index (χ0) is 18.5. The van der Waals surface area contributed by atoms with Crippen molar-refractivity contribution in [2.45, 2.75) is 32.2 Å². The third-order valence-electron chi connectivity index (χ3n) is 5.27. The van der Waals surface area contributed by atoms with Crippen molar-refractivity contribution in [2.75, 3.05) is 18.0 Å². The lowest BCUT2D eigenvalue weighted by Crippen LogP contribution is -2.28. The van der Waals surface area contributed by atoms with E-state index in [1.165, 1.54) is 12.5 Å². The molecule has 0 spiro atoms. The molecule has 26 heavy (non-hydrogen) atoms. The van der Waals surface area contributed by atoms with Crippen LogP contribution in [-0.4, -0.2) is 44.6 Å². The van der Waals surface area contributed by atoms with E-state index in [0.717, 1.165) is 29.9 Å². The number of aromatic nitrogens is 3. The predicted octanol–water partition coefficient (Wildman–Crippen LogP) is 2.68. The summed E-state index contributed by atoms with van der Waals surface area (Å²) in [6.07, 6.45) is 4.67. The molecule has 1 N–H and O–H groups in total. The van der Waals surface area contributed by atoms with Crippen molar-refractivity contribution >= 4 is 11.8 Å². The number of alkyl halides is 2. The average Bonchev–Trinajstić information content (AvgIpc) is 3.05. The number of aryl methyl sites for hydroxylation is 1. The van der Waals surface area contributed by atoms with Crippen LogP contribution >= 0.6 is 0 Å². The Balaban J connectivity index is 1.53. The fourth-order valence-corrected chi connectivity index (χ4v) is 3.74. The summed E-state index contributed by atoms with van der Waals surface area (Å²) in [6, 6.07) is 3.82. The van der Waals surface area contributed by atoms with Gasteiger partial charge in [-0.25, -0.2) is 23.5 Å². The first-order chi connectivity index (χ1) is 12.4. The third kappa shape index (κ3) is 2.83. The fourth-order valence-electron chi connectivity index (χ4n) is 3.74. The number of nitrogens with zero attached hydrogens (tertiary/aromatic N) is 4. The van der Waals surface area contributed by atoms with E-state index in [4.69, 9.17) is 10.1 Å². The zero-order valence-corrected chi connectivity index (χ0v) is 14.4. The van der Waals surface area contributed by atoms with Gasteiger partial charge in [-0.1, -0.05) is 19.4 Å². The number of piperidine rings is 1. The molecule has 3 heterocycles. The summed E-state index contributed by atoms with van der Waals surface area (Å²) in [5.74, 6) is -3.86. The maximum absolute atomic E-state index is 13.4. The topological polar surface area (TPSA) is 71.2 Å². The number of halogens is 2. The average molecular weight is 362 g/mol. The van der Waals surface area contributed by atoms with Crippen LogP contribution in [0.2, 0.25) is 0 Å². The number of anilines is 1. The summed E-state index contributed by atoms with van der Waals surface area (Å²) in [6.45, 7) is 3.26. The van der Waals surface area contributed by atoms with Crippen molar-refractivity contribution in [3.05, 3.63) is 41.6 Å². The van der Waals surface area contributed by atoms with Crippen LogP contribution in [0.25, 0.3) is 0 Å². The van der Waals surface area contributed by atoms with Crippen molar-refractivity contribution < 1.29 is 18.7 Å². The highest BCUT2D eigenvalue weighted by Crippen LogP contribution is 2.59. The van der Waals surface area contributed by atoms with Gasteiger partial charge < -0.3 is 14.6 Å². The highest BCUT2D eigenvalue weighted by atomic mass is 19.3. The van der Waals surface area contributed by atoms with Gasteiger partial charge in [0.1, 0.15) is 5.82 Å². The van der Waals surface area contributed by atoms with Gasteiger partial charge in [-0.2, -0.15) is 0 Å². The fraction of sp³-hybridized carbons (Fsp3) is 0.500. The Hall–Kier alpha value is -2.51. The maximum atomic E-state index is 13.4. The molecule has 8 heteroatoms. The van der Waals surface area contributed by atoms with Crippen LogP contribution in [0.15, 0.2) is 24.7 Å². The van der Waals surface area contributed by atoms with Gasteiger partial charge in [0.25, 0.3) is 5.92 Å². The minimum atomic E-state index is -2.49. The molecule has 4 rings (SSSR count). The normalized spacial score (nSPS) is 23.1. The van der Waals surface area contributed by atoms with E-state index < -0.39 is 23.7 Å². The van der Waals surface area contributed by atoms with Crippen LogP contribution in [0.1, 0.15) is 35.1 Å². The zero-order valence-electron chi connectivity index (χ0n) is 14.4. The van der Waals surface area contributed by atoms with Crippen molar-refractivity contribution in [3.8, 4) is 0 Å². The molecule has 6 nitrogen and oxygen atoms in total. The van der Waals surface area contributed by atoms with Crippen molar-refractivity contribution in [1.29, 1.82) is 0 Å². The minimum absolute atomic E-state index is 0.00356. The molecule has 1 aliphatic heterocycles. The van der Waals surface area contributed by atoms with Crippen LogP contribution in [0.5, 0.6) is 0 Å². The molecule has 2 aromatic rings. The van der Waals surface area contributed by atoms with Gasteiger partial charge in [0.05, 0.1) is 24.7 Å². The minimum Gasteiger partial charge on any atom is -0.476 e. The Kier molecular flexibility index (Phi) is 3.93. The lowest BCUT2D eigenvalue weighted by atomic mass is 10.1. The lowest BCUT2D eigenvalue weighted by Gasteiger charge is -2.22. The van der Waals surface area contributed by atoms with Gasteiger partial charge in [-0.3, -0.25) is 0 Å². The molecule has 2 atom stereocenters. The number of pyridine rings is 1. The quantitative estimate of drug-likeness (QED) is 0.855. The molecule has 2 aliphatic rings. The molecular formula is C18H20F2N4O2. The number of imidazole rings is 1. The summed E-state index contributed by atoms with van der Waals surface area (Å²) in [5.41, 5.74) is 1.91. The van der Waals surface area contributed by atoms with E-state index in [2.05, 4.69) is 11.9 Å². The largest absolute Gasteiger partial charge is 0.476 e. The van der Waals surface area contributed by atoms with Crippen LogP contribution in [0.3, 0.4) is 0 Å². The molecule has 0 bridgehead atoms. The lowest BCUT2D eigenvalue weighted by molar-refractivity contribution is 0.0690. The molecule has 138 valence electrons. The van der Waals surface area contributed by atoms with E-state index >= 15 is 0 Å². The van der Waals surface area contributed by atoms with E-state index in [9.17, 15) is 13.6 Å². The Morgan fingerprint density at radius 3 is 2.69 bits per heavy atom. The van der Waals surface area contributed by atoms with Gasteiger partial charge in [0, 0.05) is 25.0 Å². The first kappa shape index (κ1) is 16.9. The molecule has 1 saturated heterocycles. The molecule has 2 fully saturated rings. The summed E-state index contributed by atoms with van der Waals surface area (Å²) >= 11 is 0. The van der Waals surface area contributed by atoms with Gasteiger partial charge in [-0.15, -0.1) is 0 Å². The molecule has 0 radical (unpaired) electrons. The van der Waals surface area contributed by atoms with Crippen molar-refractivity contribution in [2.24, 2.45) is 11.8 Å². The number of hydrogen-bond donors (Lipinski definition) is 1. The second-order valence-electron chi connectivity index (χ2n) is 7.05.